The van der Waals surface area contributed by atoms with Gasteiger partial charge in [0.2, 0.25) is 0 Å². The first-order chi connectivity index (χ1) is 7.60. The van der Waals surface area contributed by atoms with E-state index in [1.54, 1.807) is 24.3 Å². The Bertz CT molecular complexity index is 507. The number of allylic oxidation sites excluding steroid dienone is 1. The highest BCUT2D eigenvalue weighted by atomic mass is 35.5. The van der Waals surface area contributed by atoms with E-state index in [1.165, 1.54) is 6.20 Å². The average Bonchev–Trinajstić information content (AvgIpc) is 2.30. The van der Waals surface area contributed by atoms with E-state index in [0.29, 0.717) is 10.7 Å². The lowest BCUT2D eigenvalue weighted by Crippen LogP contribution is -1.91. The van der Waals surface area contributed by atoms with Gasteiger partial charge in [0.15, 0.2) is 0 Å². The topological polar surface area (TPSA) is 59.6 Å². The number of nitrogens with one attached hydrogen (secondary N) is 1. The summed E-state index contributed by atoms with van der Waals surface area (Å²) in [5.74, 6) is 0. The zero-order valence-electron chi connectivity index (χ0n) is 7.76. The molecule has 0 aromatic heterocycles. The van der Waals surface area contributed by atoms with Gasteiger partial charge in [-0.2, -0.15) is 10.5 Å². The molecule has 1 N–H and O–H groups in total. The van der Waals surface area contributed by atoms with E-state index in [9.17, 15) is 0 Å². The molecule has 0 aliphatic rings. The molecule has 16 heavy (non-hydrogen) atoms. The van der Waals surface area contributed by atoms with Crippen molar-refractivity contribution >= 4 is 40.5 Å². The third kappa shape index (κ3) is 2.81. The predicted octanol–water partition coefficient (Wildman–Crippen LogP) is 3.99. The highest BCUT2D eigenvalue weighted by molar-refractivity contribution is 6.49. The van der Waals surface area contributed by atoms with Crippen molar-refractivity contribution in [1.82, 2.24) is 0 Å². The summed E-state index contributed by atoms with van der Waals surface area (Å²) >= 11 is 17.4. The van der Waals surface area contributed by atoms with Crippen LogP contribution in [0.4, 0.5) is 5.69 Å². The van der Waals surface area contributed by atoms with Gasteiger partial charge in [0.05, 0.1) is 20.8 Å². The molecule has 0 fully saturated rings. The van der Waals surface area contributed by atoms with Crippen LogP contribution in [0.1, 0.15) is 0 Å². The van der Waals surface area contributed by atoms with E-state index in [0.717, 1.165) is 0 Å². The van der Waals surface area contributed by atoms with Gasteiger partial charge in [-0.1, -0.05) is 34.8 Å². The molecular formula is C10H4Cl3N3. The summed E-state index contributed by atoms with van der Waals surface area (Å²) in [6.45, 7) is 0. The Hall–Kier alpha value is -1.39. The highest BCUT2D eigenvalue weighted by Gasteiger charge is 2.07. The number of benzene rings is 1. The van der Waals surface area contributed by atoms with E-state index in [4.69, 9.17) is 45.3 Å². The molecule has 0 aliphatic carbocycles. The SMILES string of the molecule is N#CC(C#N)=CNc1ccc(Cl)c(Cl)c1Cl. The lowest BCUT2D eigenvalue weighted by Gasteiger charge is -2.06. The zero-order chi connectivity index (χ0) is 12.1. The molecule has 1 aromatic carbocycles. The molecular weight excluding hydrogens is 268 g/mol. The average molecular weight is 273 g/mol. The van der Waals surface area contributed by atoms with Crippen molar-refractivity contribution in [2.24, 2.45) is 0 Å². The summed E-state index contributed by atoms with van der Waals surface area (Å²) in [5, 5.41) is 20.5. The fraction of sp³-hybridized carbons (Fsp3) is 0. The molecule has 80 valence electrons. The summed E-state index contributed by atoms with van der Waals surface area (Å²) in [7, 11) is 0. The van der Waals surface area contributed by atoms with Crippen LogP contribution in [0.2, 0.25) is 15.1 Å². The van der Waals surface area contributed by atoms with Gasteiger partial charge >= 0.3 is 0 Å². The normalized spacial score (nSPS) is 8.81. The van der Waals surface area contributed by atoms with E-state index >= 15 is 0 Å². The van der Waals surface area contributed by atoms with Crippen LogP contribution in [0.15, 0.2) is 23.9 Å². The van der Waals surface area contributed by atoms with Crippen LogP contribution in [-0.4, -0.2) is 0 Å². The predicted molar refractivity (Wildman–Crippen MR) is 64.4 cm³/mol. The van der Waals surface area contributed by atoms with Gasteiger partial charge in [0.1, 0.15) is 17.7 Å². The Morgan fingerprint density at radius 1 is 1.12 bits per heavy atom. The number of rotatable bonds is 2. The number of hydrogen-bond acceptors (Lipinski definition) is 3. The van der Waals surface area contributed by atoms with E-state index in [2.05, 4.69) is 5.32 Å². The highest BCUT2D eigenvalue weighted by Crippen LogP contribution is 2.35. The van der Waals surface area contributed by atoms with Crippen LogP contribution in [0.3, 0.4) is 0 Å². The van der Waals surface area contributed by atoms with Gasteiger partial charge in [0, 0.05) is 6.20 Å². The van der Waals surface area contributed by atoms with Gasteiger partial charge in [-0.25, -0.2) is 0 Å². The number of anilines is 1. The van der Waals surface area contributed by atoms with Crippen LogP contribution < -0.4 is 5.32 Å². The maximum atomic E-state index is 8.51. The van der Waals surface area contributed by atoms with Crippen LogP contribution in [-0.2, 0) is 0 Å². The van der Waals surface area contributed by atoms with Crippen molar-refractivity contribution in [3.8, 4) is 12.1 Å². The molecule has 6 heteroatoms. The van der Waals surface area contributed by atoms with Crippen LogP contribution in [0, 0.1) is 22.7 Å². The molecule has 0 atom stereocenters. The molecule has 0 bridgehead atoms. The third-order valence-electron chi connectivity index (χ3n) is 1.65. The molecule has 0 heterocycles. The minimum absolute atomic E-state index is 0.0675. The van der Waals surface area contributed by atoms with Crippen molar-refractivity contribution in [3.63, 3.8) is 0 Å². The van der Waals surface area contributed by atoms with E-state index in [1.807, 2.05) is 0 Å². The van der Waals surface area contributed by atoms with Crippen molar-refractivity contribution in [2.45, 2.75) is 0 Å². The molecule has 0 aliphatic heterocycles. The lowest BCUT2D eigenvalue weighted by molar-refractivity contribution is 1.44. The van der Waals surface area contributed by atoms with Gasteiger partial charge in [-0.05, 0) is 12.1 Å². The van der Waals surface area contributed by atoms with Gasteiger partial charge in [-0.15, -0.1) is 0 Å². The summed E-state index contributed by atoms with van der Waals surface area (Å²) in [6, 6.07) is 6.56. The first kappa shape index (κ1) is 12.7. The molecule has 0 amide bonds. The maximum Gasteiger partial charge on any atom is 0.145 e. The largest absolute Gasteiger partial charge is 0.359 e. The Morgan fingerprint density at radius 3 is 2.31 bits per heavy atom. The quantitative estimate of drug-likeness (QED) is 0.654. The fourth-order valence-electron chi connectivity index (χ4n) is 0.877. The molecule has 0 radical (unpaired) electrons. The molecule has 1 aromatic rings. The summed E-state index contributed by atoms with van der Waals surface area (Å²) in [5.41, 5.74) is 0.404. The van der Waals surface area contributed by atoms with Crippen molar-refractivity contribution < 1.29 is 0 Å². The number of nitrogens with zero attached hydrogens (tertiary/aromatic N) is 2. The first-order valence-corrected chi connectivity index (χ1v) is 5.14. The Balaban J connectivity index is 3.02. The second-order valence-corrected chi connectivity index (χ2v) is 3.81. The van der Waals surface area contributed by atoms with Gasteiger partial charge in [0.25, 0.3) is 0 Å². The second kappa shape index (κ2) is 5.63. The molecule has 0 unspecified atom stereocenters. The van der Waals surface area contributed by atoms with Crippen molar-refractivity contribution in [3.05, 3.63) is 39.0 Å². The minimum Gasteiger partial charge on any atom is -0.359 e. The molecule has 0 saturated carbocycles. The van der Waals surface area contributed by atoms with Crippen LogP contribution in [0.25, 0.3) is 0 Å². The second-order valence-electron chi connectivity index (χ2n) is 2.65. The number of hydrogen-bond donors (Lipinski definition) is 1. The van der Waals surface area contributed by atoms with E-state index < -0.39 is 0 Å². The molecule has 0 saturated heterocycles. The van der Waals surface area contributed by atoms with E-state index in [-0.39, 0.29) is 15.6 Å². The Labute approximate surface area is 107 Å². The summed E-state index contributed by atoms with van der Waals surface area (Å²) in [4.78, 5) is 0. The van der Waals surface area contributed by atoms with Gasteiger partial charge < -0.3 is 5.32 Å². The summed E-state index contributed by atoms with van der Waals surface area (Å²) in [6.07, 6.45) is 1.24. The van der Waals surface area contributed by atoms with Crippen molar-refractivity contribution in [1.29, 1.82) is 10.5 Å². The molecule has 1 rings (SSSR count). The monoisotopic (exact) mass is 271 g/mol. The van der Waals surface area contributed by atoms with Crippen LogP contribution in [0.5, 0.6) is 0 Å². The fourth-order valence-corrected chi connectivity index (χ4v) is 1.47. The standard InChI is InChI=1S/C10H4Cl3N3/c11-7-1-2-8(10(13)9(7)12)16-5-6(3-14)4-15/h1-2,5,16H. The molecule has 0 spiro atoms. The van der Waals surface area contributed by atoms with Crippen molar-refractivity contribution in [2.75, 3.05) is 5.32 Å². The Morgan fingerprint density at radius 2 is 1.75 bits per heavy atom. The Kier molecular flexibility index (Phi) is 4.46. The number of halogens is 3. The van der Waals surface area contributed by atoms with Gasteiger partial charge in [-0.3, -0.25) is 0 Å². The minimum atomic E-state index is -0.0675. The molecule has 3 nitrogen and oxygen atoms in total. The lowest BCUT2D eigenvalue weighted by atomic mass is 10.3. The zero-order valence-corrected chi connectivity index (χ0v) is 10.0. The number of nitriles is 2. The third-order valence-corrected chi connectivity index (χ3v) is 2.94. The smallest absolute Gasteiger partial charge is 0.145 e. The summed E-state index contributed by atoms with van der Waals surface area (Å²) < 4.78 is 0. The van der Waals surface area contributed by atoms with Crippen LogP contribution >= 0.6 is 34.8 Å². The first-order valence-electron chi connectivity index (χ1n) is 4.00. The maximum absolute atomic E-state index is 8.51.